The quantitative estimate of drug-likeness (QED) is 0.797. The van der Waals surface area contributed by atoms with E-state index in [4.69, 9.17) is 23.2 Å². The molecule has 1 saturated heterocycles. The highest BCUT2D eigenvalue weighted by Gasteiger charge is 2.32. The predicted molar refractivity (Wildman–Crippen MR) is 112 cm³/mol. The van der Waals surface area contributed by atoms with Crippen LogP contribution in [0.15, 0.2) is 36.4 Å². The fourth-order valence-corrected chi connectivity index (χ4v) is 3.64. The van der Waals surface area contributed by atoms with E-state index in [2.05, 4.69) is 15.2 Å². The number of carbonyl (C=O) groups is 1. The van der Waals surface area contributed by atoms with Crippen molar-refractivity contribution in [3.05, 3.63) is 57.7 Å². The van der Waals surface area contributed by atoms with Crippen molar-refractivity contribution in [2.24, 2.45) is 0 Å². The van der Waals surface area contributed by atoms with Gasteiger partial charge in [0.05, 0.1) is 15.5 Å². The van der Waals surface area contributed by atoms with E-state index in [0.717, 1.165) is 43.0 Å². The molecule has 0 spiro atoms. The lowest BCUT2D eigenvalue weighted by Crippen LogP contribution is -2.49. The van der Waals surface area contributed by atoms with Crippen LogP contribution in [-0.2, 0) is 10.2 Å². The van der Waals surface area contributed by atoms with Gasteiger partial charge < -0.3 is 10.2 Å². The highest BCUT2D eigenvalue weighted by Crippen LogP contribution is 2.30. The summed E-state index contributed by atoms with van der Waals surface area (Å²) >= 11 is 12.1. The molecule has 2 heterocycles. The van der Waals surface area contributed by atoms with E-state index in [1.54, 1.807) is 12.1 Å². The van der Waals surface area contributed by atoms with Gasteiger partial charge in [0.25, 0.3) is 0 Å². The zero-order valence-corrected chi connectivity index (χ0v) is 17.4. The number of piperidine rings is 1. The summed E-state index contributed by atoms with van der Waals surface area (Å²) in [7, 11) is 0. The Balaban J connectivity index is 1.61. The van der Waals surface area contributed by atoms with Crippen LogP contribution in [0.4, 0.5) is 5.82 Å². The van der Waals surface area contributed by atoms with Gasteiger partial charge in [-0.15, -0.1) is 0 Å². The molecule has 0 bridgehead atoms. The van der Waals surface area contributed by atoms with Gasteiger partial charge in [-0.25, -0.2) is 4.98 Å². The van der Waals surface area contributed by atoms with Crippen LogP contribution in [0.25, 0.3) is 0 Å². The average molecular weight is 406 g/mol. The third kappa shape index (κ3) is 4.56. The minimum absolute atomic E-state index is 0.00743. The second-order valence-electron chi connectivity index (χ2n) is 7.63. The van der Waals surface area contributed by atoms with Crippen molar-refractivity contribution in [3.8, 4) is 0 Å². The van der Waals surface area contributed by atoms with Crippen molar-refractivity contribution in [3.63, 3.8) is 0 Å². The summed E-state index contributed by atoms with van der Waals surface area (Å²) in [6.45, 7) is 7.59. The van der Waals surface area contributed by atoms with Crippen LogP contribution in [0.1, 0.15) is 37.9 Å². The standard InChI is InChI=1S/C21H25Cl2N3O/c1-14-5-4-6-19(24-14)26-11-9-16(10-12-26)25-20(27)21(2,3)15-7-8-17(22)18(23)13-15/h4-8,13,16H,9-12H2,1-3H3,(H,25,27). The Morgan fingerprint density at radius 3 is 2.48 bits per heavy atom. The van der Waals surface area contributed by atoms with E-state index < -0.39 is 5.41 Å². The van der Waals surface area contributed by atoms with Gasteiger partial charge in [0, 0.05) is 24.8 Å². The normalized spacial score (nSPS) is 15.7. The Kier molecular flexibility index (Phi) is 5.97. The first-order valence-electron chi connectivity index (χ1n) is 9.22. The number of hydrogen-bond donors (Lipinski definition) is 1. The number of carbonyl (C=O) groups excluding carboxylic acids is 1. The highest BCUT2D eigenvalue weighted by atomic mass is 35.5. The number of halogens is 2. The van der Waals surface area contributed by atoms with Crippen LogP contribution < -0.4 is 10.2 Å². The van der Waals surface area contributed by atoms with Gasteiger partial charge in [-0.3, -0.25) is 4.79 Å². The summed E-state index contributed by atoms with van der Waals surface area (Å²) in [6.07, 6.45) is 1.80. The smallest absolute Gasteiger partial charge is 0.230 e. The van der Waals surface area contributed by atoms with E-state index >= 15 is 0 Å². The van der Waals surface area contributed by atoms with Crippen molar-refractivity contribution < 1.29 is 4.79 Å². The number of pyridine rings is 1. The Bertz CT molecular complexity index is 830. The third-order valence-corrected chi connectivity index (χ3v) is 5.98. The van der Waals surface area contributed by atoms with Gasteiger partial charge in [0.1, 0.15) is 5.82 Å². The first-order valence-corrected chi connectivity index (χ1v) is 9.98. The average Bonchev–Trinajstić information content (AvgIpc) is 2.64. The molecule has 1 aromatic heterocycles. The zero-order valence-electron chi connectivity index (χ0n) is 15.9. The molecule has 0 unspecified atom stereocenters. The Hall–Kier alpha value is -1.78. The van der Waals surface area contributed by atoms with E-state index in [9.17, 15) is 4.79 Å². The number of aromatic nitrogens is 1. The minimum atomic E-state index is -0.677. The van der Waals surface area contributed by atoms with E-state index in [0.29, 0.717) is 10.0 Å². The number of nitrogens with one attached hydrogen (secondary N) is 1. The second-order valence-corrected chi connectivity index (χ2v) is 8.44. The summed E-state index contributed by atoms with van der Waals surface area (Å²) < 4.78 is 0. The SMILES string of the molecule is Cc1cccc(N2CCC(NC(=O)C(C)(C)c3ccc(Cl)c(Cl)c3)CC2)n1. The first kappa shape index (κ1) is 20.0. The molecular formula is C21H25Cl2N3O. The molecule has 4 nitrogen and oxygen atoms in total. The van der Waals surface area contributed by atoms with Crippen molar-refractivity contribution >= 4 is 34.9 Å². The monoisotopic (exact) mass is 405 g/mol. The van der Waals surface area contributed by atoms with E-state index in [1.807, 2.05) is 45.0 Å². The molecule has 27 heavy (non-hydrogen) atoms. The number of amides is 1. The van der Waals surface area contributed by atoms with Crippen LogP contribution in [0.5, 0.6) is 0 Å². The van der Waals surface area contributed by atoms with E-state index in [1.165, 1.54) is 0 Å². The highest BCUT2D eigenvalue weighted by molar-refractivity contribution is 6.42. The zero-order chi connectivity index (χ0) is 19.6. The summed E-state index contributed by atoms with van der Waals surface area (Å²) in [5, 5.41) is 4.17. The Labute approximate surface area is 170 Å². The van der Waals surface area contributed by atoms with Crippen LogP contribution in [-0.4, -0.2) is 30.0 Å². The topological polar surface area (TPSA) is 45.2 Å². The van der Waals surface area contributed by atoms with Gasteiger partial charge in [0.2, 0.25) is 5.91 Å². The molecule has 144 valence electrons. The molecule has 6 heteroatoms. The van der Waals surface area contributed by atoms with Crippen LogP contribution in [0.2, 0.25) is 10.0 Å². The molecule has 0 aliphatic carbocycles. The maximum Gasteiger partial charge on any atom is 0.230 e. The molecule has 1 amide bonds. The van der Waals surface area contributed by atoms with Crippen LogP contribution in [0, 0.1) is 6.92 Å². The first-order chi connectivity index (χ1) is 12.8. The minimum Gasteiger partial charge on any atom is -0.356 e. The number of hydrogen-bond acceptors (Lipinski definition) is 3. The van der Waals surface area contributed by atoms with Gasteiger partial charge in [0.15, 0.2) is 0 Å². The van der Waals surface area contributed by atoms with Crippen LogP contribution in [0.3, 0.4) is 0 Å². The van der Waals surface area contributed by atoms with Gasteiger partial charge in [-0.2, -0.15) is 0 Å². The molecule has 1 N–H and O–H groups in total. The van der Waals surface area contributed by atoms with E-state index in [-0.39, 0.29) is 11.9 Å². The number of rotatable bonds is 4. The lowest BCUT2D eigenvalue weighted by molar-refractivity contribution is -0.126. The molecule has 3 rings (SSSR count). The fraction of sp³-hybridized carbons (Fsp3) is 0.429. The van der Waals surface area contributed by atoms with Gasteiger partial charge in [-0.05, 0) is 63.4 Å². The molecule has 0 radical (unpaired) electrons. The molecule has 2 aromatic rings. The van der Waals surface area contributed by atoms with Crippen molar-refractivity contribution in [1.82, 2.24) is 10.3 Å². The summed E-state index contributed by atoms with van der Waals surface area (Å²) in [4.78, 5) is 19.8. The van der Waals surface area contributed by atoms with Gasteiger partial charge in [-0.1, -0.05) is 35.3 Å². The number of aryl methyl sites for hydroxylation is 1. The lowest BCUT2D eigenvalue weighted by atomic mass is 9.83. The molecular weight excluding hydrogens is 381 g/mol. The number of benzene rings is 1. The molecule has 1 aliphatic heterocycles. The Morgan fingerprint density at radius 1 is 1.15 bits per heavy atom. The molecule has 0 atom stereocenters. The summed E-state index contributed by atoms with van der Waals surface area (Å²) in [5.74, 6) is 1.02. The van der Waals surface area contributed by atoms with Crippen LogP contribution >= 0.6 is 23.2 Å². The molecule has 1 fully saturated rings. The fourth-order valence-electron chi connectivity index (χ4n) is 3.34. The predicted octanol–water partition coefficient (Wildman–Crippen LogP) is 4.76. The van der Waals surface area contributed by atoms with Crippen molar-refractivity contribution in [1.29, 1.82) is 0 Å². The molecule has 1 aliphatic rings. The maximum absolute atomic E-state index is 12.9. The summed E-state index contributed by atoms with van der Waals surface area (Å²) in [5.41, 5.74) is 1.20. The number of nitrogens with zero attached hydrogens (tertiary/aromatic N) is 2. The molecule has 0 saturated carbocycles. The summed E-state index contributed by atoms with van der Waals surface area (Å²) in [6, 6.07) is 11.6. The maximum atomic E-state index is 12.9. The van der Waals surface area contributed by atoms with Crippen molar-refractivity contribution in [2.45, 2.75) is 45.1 Å². The third-order valence-electron chi connectivity index (χ3n) is 5.24. The van der Waals surface area contributed by atoms with Crippen molar-refractivity contribution in [2.75, 3.05) is 18.0 Å². The van der Waals surface area contributed by atoms with Gasteiger partial charge >= 0.3 is 0 Å². The Morgan fingerprint density at radius 2 is 1.85 bits per heavy atom. The lowest BCUT2D eigenvalue weighted by Gasteiger charge is -2.35. The second kappa shape index (κ2) is 8.07. The number of anilines is 1. The largest absolute Gasteiger partial charge is 0.356 e. The molecule has 1 aromatic carbocycles.